The Hall–Kier alpha value is -1.80. The molecule has 0 unspecified atom stereocenters. The van der Waals surface area contributed by atoms with E-state index in [1.165, 1.54) is 19.2 Å². The van der Waals surface area contributed by atoms with E-state index in [0.29, 0.717) is 119 Å². The molecule has 16 heteroatoms. The second-order valence-electron chi connectivity index (χ2n) is 9.23. The van der Waals surface area contributed by atoms with Gasteiger partial charge in [-0.05, 0) is 19.1 Å². The van der Waals surface area contributed by atoms with Crippen LogP contribution in [-0.2, 0) is 71.2 Å². The van der Waals surface area contributed by atoms with Crippen LogP contribution >= 0.6 is 0 Å². The number of rotatable bonds is 34. The molecule has 1 rings (SSSR count). The van der Waals surface area contributed by atoms with Crippen molar-refractivity contribution >= 4 is 16.1 Å². The molecule has 0 saturated carbocycles. The van der Waals surface area contributed by atoms with Crippen molar-refractivity contribution in [2.45, 2.75) is 11.8 Å². The number of benzene rings is 1. The van der Waals surface area contributed by atoms with Crippen molar-refractivity contribution in [3.05, 3.63) is 29.8 Å². The Morgan fingerprint density at radius 1 is 0.478 bits per heavy atom. The van der Waals surface area contributed by atoms with Gasteiger partial charge in [-0.15, -0.1) is 0 Å². The van der Waals surface area contributed by atoms with E-state index < -0.39 is 16.1 Å². The molecule has 0 fully saturated rings. The van der Waals surface area contributed by atoms with Crippen molar-refractivity contribution < 1.29 is 69.5 Å². The Balaban J connectivity index is 1.69. The molecule has 15 nitrogen and oxygen atoms in total. The number of esters is 1. The van der Waals surface area contributed by atoms with Gasteiger partial charge in [-0.2, -0.15) is 8.42 Å². The summed E-state index contributed by atoms with van der Waals surface area (Å²) in [6.45, 7) is 9.64. The number of carbonyl (C=O) groups is 1. The van der Waals surface area contributed by atoms with E-state index >= 15 is 0 Å². The highest BCUT2D eigenvalue weighted by atomic mass is 32.2. The maximum atomic E-state index is 12.1. The third kappa shape index (κ3) is 26.3. The monoisotopic (exact) mass is 684 g/mol. The standard InChI is InChI=1S/C30H52O15S/c1-28-3-5-29(6-4-28)46(32,33)45-26-25-43-22-21-41-18-17-39-14-13-37-10-9-35-7-8-36-11-12-38-15-16-40-19-20-42-23-24-44-27-30(31)34-2/h3-6H,7-27H2,1-2H3. The lowest BCUT2D eigenvalue weighted by atomic mass is 10.2. The third-order valence-electron chi connectivity index (χ3n) is 5.57. The Labute approximate surface area is 273 Å². The number of methoxy groups -OCH3 is 1. The van der Waals surface area contributed by atoms with Crippen molar-refractivity contribution in [3.63, 3.8) is 0 Å². The minimum Gasteiger partial charge on any atom is -0.467 e. The molecule has 0 heterocycles. The second kappa shape index (κ2) is 30.5. The maximum absolute atomic E-state index is 12.1. The van der Waals surface area contributed by atoms with Gasteiger partial charge in [0.25, 0.3) is 10.1 Å². The van der Waals surface area contributed by atoms with Crippen LogP contribution in [0.15, 0.2) is 29.2 Å². The summed E-state index contributed by atoms with van der Waals surface area (Å²) in [6.07, 6.45) is 0. The van der Waals surface area contributed by atoms with Crippen LogP contribution in [0.1, 0.15) is 5.56 Å². The van der Waals surface area contributed by atoms with Gasteiger partial charge in [-0.1, -0.05) is 17.7 Å². The maximum Gasteiger partial charge on any atom is 0.331 e. The SMILES string of the molecule is COC(=O)COCCOCCOCCOCCOCCOCCOCCOCCOCCOCCOS(=O)(=O)c1ccc(C)cc1. The zero-order chi connectivity index (χ0) is 33.4. The molecule has 0 N–H and O–H groups in total. The van der Waals surface area contributed by atoms with E-state index in [-0.39, 0.29) is 24.7 Å². The Morgan fingerprint density at radius 3 is 1.07 bits per heavy atom. The van der Waals surface area contributed by atoms with E-state index in [9.17, 15) is 13.2 Å². The lowest BCUT2D eigenvalue weighted by Gasteiger charge is -2.09. The summed E-state index contributed by atoms with van der Waals surface area (Å²) in [5, 5.41) is 0. The van der Waals surface area contributed by atoms with E-state index in [2.05, 4.69) is 4.74 Å². The number of aryl methyl sites for hydroxylation is 1. The summed E-state index contributed by atoms with van der Waals surface area (Å²) in [7, 11) is -2.47. The van der Waals surface area contributed by atoms with Crippen LogP contribution in [0.3, 0.4) is 0 Å². The number of ether oxygens (including phenoxy) is 11. The van der Waals surface area contributed by atoms with Crippen LogP contribution in [0.25, 0.3) is 0 Å². The Kier molecular flexibility index (Phi) is 28.0. The first-order valence-corrected chi connectivity index (χ1v) is 16.7. The zero-order valence-corrected chi connectivity index (χ0v) is 28.0. The number of hydrogen-bond acceptors (Lipinski definition) is 15. The van der Waals surface area contributed by atoms with E-state index in [4.69, 9.17) is 51.6 Å². The Bertz CT molecular complexity index is 931. The minimum absolute atomic E-state index is 0.0640. The van der Waals surface area contributed by atoms with Gasteiger partial charge >= 0.3 is 5.97 Å². The van der Waals surface area contributed by atoms with Crippen molar-refractivity contribution in [2.24, 2.45) is 0 Å². The first kappa shape index (κ1) is 42.2. The number of carbonyl (C=O) groups excluding carboxylic acids is 1. The summed E-state index contributed by atoms with van der Waals surface area (Å²) in [4.78, 5) is 11.0. The molecule has 0 radical (unpaired) electrons. The molecule has 1 aromatic rings. The summed E-state index contributed by atoms with van der Waals surface area (Å²) < 4.78 is 87.2. The topological polar surface area (TPSA) is 162 Å². The predicted octanol–water partition coefficient (Wildman–Crippen LogP) is 1.04. The van der Waals surface area contributed by atoms with Gasteiger partial charge in [-0.3, -0.25) is 4.18 Å². The summed E-state index contributed by atoms with van der Waals surface area (Å²) >= 11 is 0. The lowest BCUT2D eigenvalue weighted by Crippen LogP contribution is -2.16. The van der Waals surface area contributed by atoms with Crippen molar-refractivity contribution in [2.75, 3.05) is 146 Å². The predicted molar refractivity (Wildman–Crippen MR) is 165 cm³/mol. The molecule has 1 aromatic carbocycles. The van der Waals surface area contributed by atoms with Crippen molar-refractivity contribution in [1.29, 1.82) is 0 Å². The van der Waals surface area contributed by atoms with Crippen LogP contribution in [0, 0.1) is 6.92 Å². The van der Waals surface area contributed by atoms with Crippen LogP contribution in [0.5, 0.6) is 0 Å². The fourth-order valence-corrected chi connectivity index (χ4v) is 4.06. The van der Waals surface area contributed by atoms with E-state index in [1.807, 2.05) is 6.92 Å². The van der Waals surface area contributed by atoms with Crippen LogP contribution < -0.4 is 0 Å². The molecule has 0 spiro atoms. The quantitative estimate of drug-likeness (QED) is 0.0575. The molecule has 0 bridgehead atoms. The first-order chi connectivity index (χ1) is 22.5. The van der Waals surface area contributed by atoms with Crippen molar-refractivity contribution in [1.82, 2.24) is 0 Å². The summed E-state index contributed by atoms with van der Waals surface area (Å²) in [5.74, 6) is -0.415. The van der Waals surface area contributed by atoms with Gasteiger partial charge in [0.2, 0.25) is 0 Å². The normalized spacial score (nSPS) is 11.7. The molecule has 0 atom stereocenters. The van der Waals surface area contributed by atoms with E-state index in [1.54, 1.807) is 12.1 Å². The Morgan fingerprint density at radius 2 is 0.761 bits per heavy atom. The minimum atomic E-state index is -3.78. The average molecular weight is 685 g/mol. The highest BCUT2D eigenvalue weighted by Gasteiger charge is 2.14. The van der Waals surface area contributed by atoms with Gasteiger partial charge in [0.1, 0.15) is 6.61 Å². The molecule has 0 amide bonds. The van der Waals surface area contributed by atoms with E-state index in [0.717, 1.165) is 5.56 Å². The number of hydrogen-bond donors (Lipinski definition) is 0. The lowest BCUT2D eigenvalue weighted by molar-refractivity contribution is -0.146. The largest absolute Gasteiger partial charge is 0.467 e. The summed E-state index contributed by atoms with van der Waals surface area (Å²) in [5.41, 5.74) is 0.972. The molecule has 0 aromatic heterocycles. The van der Waals surface area contributed by atoms with Gasteiger partial charge in [-0.25, -0.2) is 4.79 Å². The molecule has 0 aliphatic rings. The van der Waals surface area contributed by atoms with Gasteiger partial charge in [0.05, 0.1) is 144 Å². The fourth-order valence-electron chi connectivity index (χ4n) is 3.17. The highest BCUT2D eigenvalue weighted by molar-refractivity contribution is 7.86. The van der Waals surface area contributed by atoms with Gasteiger partial charge in [0, 0.05) is 0 Å². The highest BCUT2D eigenvalue weighted by Crippen LogP contribution is 2.12. The van der Waals surface area contributed by atoms with Crippen LogP contribution in [0.2, 0.25) is 0 Å². The molecule has 268 valence electrons. The molecule has 0 aliphatic heterocycles. The molecular weight excluding hydrogens is 632 g/mol. The van der Waals surface area contributed by atoms with Crippen LogP contribution in [0.4, 0.5) is 0 Å². The average Bonchev–Trinajstić information content (AvgIpc) is 3.05. The first-order valence-electron chi connectivity index (χ1n) is 15.3. The molecule has 0 aliphatic carbocycles. The fraction of sp³-hybridized carbons (Fsp3) is 0.767. The third-order valence-corrected chi connectivity index (χ3v) is 6.90. The molecule has 0 saturated heterocycles. The summed E-state index contributed by atoms with van der Waals surface area (Å²) in [6, 6.07) is 6.47. The van der Waals surface area contributed by atoms with Gasteiger partial charge < -0.3 is 52.1 Å². The molecule has 46 heavy (non-hydrogen) atoms. The van der Waals surface area contributed by atoms with Gasteiger partial charge in [0.15, 0.2) is 0 Å². The molecular formula is C30H52O15S. The van der Waals surface area contributed by atoms with Crippen LogP contribution in [-0.4, -0.2) is 160 Å². The zero-order valence-electron chi connectivity index (χ0n) is 27.2. The van der Waals surface area contributed by atoms with Crippen molar-refractivity contribution in [3.8, 4) is 0 Å². The second-order valence-corrected chi connectivity index (χ2v) is 10.8. The smallest absolute Gasteiger partial charge is 0.331 e.